The third-order valence-electron chi connectivity index (χ3n) is 2.67. The first-order chi connectivity index (χ1) is 9.35. The molecule has 5 heteroatoms. The number of nitrogens with one attached hydrogen (secondary N) is 1. The highest BCUT2D eigenvalue weighted by molar-refractivity contribution is 9.09. The molecule has 1 aromatic carbocycles. The predicted octanol–water partition coefficient (Wildman–Crippen LogP) is 3.70. The van der Waals surface area contributed by atoms with Gasteiger partial charge in [0.05, 0.1) is 7.11 Å². The predicted molar refractivity (Wildman–Crippen MR) is 83.8 cm³/mol. The lowest BCUT2D eigenvalue weighted by Crippen LogP contribution is -2.35. The number of hydrogen-bond donors (Lipinski definition) is 1. The molecule has 0 bridgehead atoms. The van der Waals surface area contributed by atoms with Gasteiger partial charge in [-0.25, -0.2) is 4.79 Å². The molecule has 20 heavy (non-hydrogen) atoms. The second kappa shape index (κ2) is 7.53. The molecule has 0 radical (unpaired) electrons. The zero-order valence-electron chi connectivity index (χ0n) is 12.4. The van der Waals surface area contributed by atoms with E-state index in [0.29, 0.717) is 6.54 Å². The van der Waals surface area contributed by atoms with Crippen LogP contribution in [0.5, 0.6) is 5.75 Å². The maximum absolute atomic E-state index is 11.6. The third-order valence-corrected chi connectivity index (χ3v) is 3.45. The van der Waals surface area contributed by atoms with Crippen LogP contribution in [-0.4, -0.2) is 30.7 Å². The van der Waals surface area contributed by atoms with Crippen molar-refractivity contribution in [2.24, 2.45) is 0 Å². The standard InChI is InChI=1S/C15H22BrNO3/c1-15(2,3)20-14(18)17-10-12(9-16)11-5-7-13(19-4)8-6-11/h5-8,12H,9-10H2,1-4H3,(H,17,18)/t12-/m1/s1. The van der Waals surface area contributed by atoms with Crippen molar-refractivity contribution in [2.75, 3.05) is 19.0 Å². The van der Waals surface area contributed by atoms with Crippen molar-refractivity contribution in [3.63, 3.8) is 0 Å². The maximum atomic E-state index is 11.6. The Morgan fingerprint density at radius 1 is 1.30 bits per heavy atom. The van der Waals surface area contributed by atoms with Crippen molar-refractivity contribution in [3.8, 4) is 5.75 Å². The molecule has 0 aliphatic carbocycles. The molecule has 1 amide bonds. The highest BCUT2D eigenvalue weighted by Gasteiger charge is 2.17. The Bertz CT molecular complexity index is 426. The average Bonchev–Trinajstić information content (AvgIpc) is 2.38. The SMILES string of the molecule is COc1ccc([C@H](CBr)CNC(=O)OC(C)(C)C)cc1. The van der Waals surface area contributed by atoms with E-state index in [2.05, 4.69) is 21.2 Å². The molecule has 4 nitrogen and oxygen atoms in total. The van der Waals surface area contributed by atoms with Gasteiger partial charge in [0.1, 0.15) is 11.4 Å². The van der Waals surface area contributed by atoms with Crippen molar-refractivity contribution in [1.29, 1.82) is 0 Å². The number of halogens is 1. The summed E-state index contributed by atoms with van der Waals surface area (Å²) >= 11 is 3.48. The molecule has 112 valence electrons. The van der Waals surface area contributed by atoms with Crippen LogP contribution >= 0.6 is 15.9 Å². The molecule has 1 rings (SSSR count). The van der Waals surface area contributed by atoms with Gasteiger partial charge in [-0.1, -0.05) is 28.1 Å². The highest BCUT2D eigenvalue weighted by Crippen LogP contribution is 2.21. The van der Waals surface area contributed by atoms with E-state index in [1.165, 1.54) is 0 Å². The van der Waals surface area contributed by atoms with E-state index in [0.717, 1.165) is 16.6 Å². The van der Waals surface area contributed by atoms with Crippen molar-refractivity contribution in [1.82, 2.24) is 5.32 Å². The molecule has 0 fully saturated rings. The summed E-state index contributed by atoms with van der Waals surface area (Å²) in [6.45, 7) is 6.06. The number of carbonyl (C=O) groups excluding carboxylic acids is 1. The van der Waals surface area contributed by atoms with Crippen LogP contribution in [0.1, 0.15) is 32.3 Å². The zero-order valence-corrected chi connectivity index (χ0v) is 14.0. The Morgan fingerprint density at radius 2 is 1.90 bits per heavy atom. The molecular weight excluding hydrogens is 322 g/mol. The van der Waals surface area contributed by atoms with E-state index in [1.54, 1.807) is 7.11 Å². The highest BCUT2D eigenvalue weighted by atomic mass is 79.9. The molecule has 0 saturated carbocycles. The van der Waals surface area contributed by atoms with Crippen molar-refractivity contribution >= 4 is 22.0 Å². The molecule has 0 aromatic heterocycles. The van der Waals surface area contributed by atoms with Gasteiger partial charge >= 0.3 is 6.09 Å². The summed E-state index contributed by atoms with van der Waals surface area (Å²) in [6.07, 6.45) is -0.392. The quantitative estimate of drug-likeness (QED) is 0.829. The topological polar surface area (TPSA) is 47.6 Å². The molecule has 0 saturated heterocycles. The molecular formula is C15H22BrNO3. The Balaban J connectivity index is 2.56. The number of carbonyl (C=O) groups is 1. The van der Waals surface area contributed by atoms with Crippen LogP contribution in [0.15, 0.2) is 24.3 Å². The molecule has 0 aliphatic rings. The van der Waals surface area contributed by atoms with E-state index in [-0.39, 0.29) is 5.92 Å². The second-order valence-corrected chi connectivity index (χ2v) is 6.15. The first kappa shape index (κ1) is 16.8. The lowest BCUT2D eigenvalue weighted by molar-refractivity contribution is 0.0525. The van der Waals surface area contributed by atoms with Gasteiger partial charge in [-0.05, 0) is 38.5 Å². The van der Waals surface area contributed by atoms with Gasteiger partial charge in [0.15, 0.2) is 0 Å². The minimum Gasteiger partial charge on any atom is -0.497 e. The fourth-order valence-electron chi connectivity index (χ4n) is 1.66. The monoisotopic (exact) mass is 343 g/mol. The molecule has 1 atom stereocenters. The van der Waals surface area contributed by atoms with Crippen LogP contribution in [0.2, 0.25) is 0 Å². The van der Waals surface area contributed by atoms with E-state index >= 15 is 0 Å². The molecule has 0 heterocycles. The molecule has 0 spiro atoms. The van der Waals surface area contributed by atoms with Gasteiger partial charge < -0.3 is 14.8 Å². The summed E-state index contributed by atoms with van der Waals surface area (Å²) in [5.41, 5.74) is 0.660. The lowest BCUT2D eigenvalue weighted by atomic mass is 10.0. The van der Waals surface area contributed by atoms with Gasteiger partial charge in [0.25, 0.3) is 0 Å². The smallest absolute Gasteiger partial charge is 0.407 e. The summed E-state index contributed by atoms with van der Waals surface area (Å²) in [5.74, 6) is 1.01. The maximum Gasteiger partial charge on any atom is 0.407 e. The first-order valence-electron chi connectivity index (χ1n) is 6.52. The summed E-state index contributed by atoms with van der Waals surface area (Å²) in [5, 5.41) is 3.55. The van der Waals surface area contributed by atoms with Gasteiger partial charge in [-0.3, -0.25) is 0 Å². The van der Waals surface area contributed by atoms with Gasteiger partial charge in [-0.15, -0.1) is 0 Å². The Kier molecular flexibility index (Phi) is 6.33. The van der Waals surface area contributed by atoms with Crippen molar-refractivity contribution in [2.45, 2.75) is 32.3 Å². The fourth-order valence-corrected chi connectivity index (χ4v) is 2.26. The summed E-state index contributed by atoms with van der Waals surface area (Å²) in [7, 11) is 1.64. The number of hydrogen-bond acceptors (Lipinski definition) is 3. The molecule has 1 aromatic rings. The summed E-state index contributed by atoms with van der Waals surface area (Å²) in [6, 6.07) is 7.83. The van der Waals surface area contributed by atoms with Crippen LogP contribution in [0, 0.1) is 0 Å². The number of ether oxygens (including phenoxy) is 2. The third kappa shape index (κ3) is 5.82. The van der Waals surface area contributed by atoms with Crippen molar-refractivity contribution < 1.29 is 14.3 Å². The van der Waals surface area contributed by atoms with E-state index in [1.807, 2.05) is 45.0 Å². The minimum atomic E-state index is -0.478. The number of amides is 1. The van der Waals surface area contributed by atoms with Gasteiger partial charge in [0.2, 0.25) is 0 Å². The molecule has 0 unspecified atom stereocenters. The van der Waals surface area contributed by atoms with E-state index in [9.17, 15) is 4.79 Å². The summed E-state index contributed by atoms with van der Waals surface area (Å²) in [4.78, 5) is 11.6. The number of benzene rings is 1. The Hall–Kier alpha value is -1.23. The number of methoxy groups -OCH3 is 1. The van der Waals surface area contributed by atoms with Crippen LogP contribution in [0.3, 0.4) is 0 Å². The number of alkyl halides is 1. The van der Waals surface area contributed by atoms with Crippen LogP contribution in [0.4, 0.5) is 4.79 Å². The second-order valence-electron chi connectivity index (χ2n) is 5.51. The van der Waals surface area contributed by atoms with Crippen LogP contribution in [-0.2, 0) is 4.74 Å². The average molecular weight is 344 g/mol. The minimum absolute atomic E-state index is 0.188. The lowest BCUT2D eigenvalue weighted by Gasteiger charge is -2.21. The molecule has 0 aliphatic heterocycles. The Labute approximate surface area is 129 Å². The van der Waals surface area contributed by atoms with Gasteiger partial charge in [-0.2, -0.15) is 0 Å². The van der Waals surface area contributed by atoms with E-state index < -0.39 is 11.7 Å². The fraction of sp³-hybridized carbons (Fsp3) is 0.533. The first-order valence-corrected chi connectivity index (χ1v) is 7.64. The molecule has 1 N–H and O–H groups in total. The Morgan fingerprint density at radius 3 is 2.35 bits per heavy atom. The van der Waals surface area contributed by atoms with Crippen LogP contribution in [0.25, 0.3) is 0 Å². The zero-order chi connectivity index (χ0) is 15.2. The van der Waals surface area contributed by atoms with E-state index in [4.69, 9.17) is 9.47 Å². The van der Waals surface area contributed by atoms with Crippen LogP contribution < -0.4 is 10.1 Å². The largest absolute Gasteiger partial charge is 0.497 e. The van der Waals surface area contributed by atoms with Crippen molar-refractivity contribution in [3.05, 3.63) is 29.8 Å². The van der Waals surface area contributed by atoms with Gasteiger partial charge in [0, 0.05) is 17.8 Å². The number of rotatable bonds is 5. The normalized spacial score (nSPS) is 12.7. The summed E-state index contributed by atoms with van der Waals surface area (Å²) < 4.78 is 10.4. The number of alkyl carbamates (subject to hydrolysis) is 1.